The lowest BCUT2D eigenvalue weighted by Gasteiger charge is -2.41. The summed E-state index contributed by atoms with van der Waals surface area (Å²) < 4.78 is 0. The van der Waals surface area contributed by atoms with Crippen LogP contribution in [0.15, 0.2) is 30.3 Å². The van der Waals surface area contributed by atoms with Gasteiger partial charge < -0.3 is 15.1 Å². The second-order valence-corrected chi connectivity index (χ2v) is 8.59. The maximum absolute atomic E-state index is 13.1. The third-order valence-corrected chi connectivity index (χ3v) is 6.79. The van der Waals surface area contributed by atoms with Gasteiger partial charge in [-0.05, 0) is 49.6 Å². The molecule has 0 saturated carbocycles. The average molecular weight is 370 g/mol. The van der Waals surface area contributed by atoms with Crippen LogP contribution in [0.25, 0.3) is 0 Å². The first kappa shape index (κ1) is 18.5. The number of carbonyl (C=O) groups excluding carboxylic acids is 2. The van der Waals surface area contributed by atoms with Crippen molar-refractivity contribution in [2.45, 2.75) is 38.5 Å². The highest BCUT2D eigenvalue weighted by Gasteiger charge is 2.39. The van der Waals surface area contributed by atoms with Crippen molar-refractivity contribution in [3.05, 3.63) is 35.9 Å². The van der Waals surface area contributed by atoms with Crippen LogP contribution in [-0.4, -0.2) is 60.9 Å². The van der Waals surface area contributed by atoms with E-state index in [1.165, 1.54) is 6.42 Å². The van der Waals surface area contributed by atoms with Crippen molar-refractivity contribution in [3.8, 4) is 0 Å². The van der Waals surface area contributed by atoms with E-state index in [0.29, 0.717) is 18.4 Å². The summed E-state index contributed by atoms with van der Waals surface area (Å²) in [5, 5.41) is 3.48. The first-order valence-corrected chi connectivity index (χ1v) is 10.5. The Morgan fingerprint density at radius 1 is 1.04 bits per heavy atom. The fraction of sp³-hybridized carbons (Fsp3) is 0.636. The molecule has 2 amide bonds. The van der Waals surface area contributed by atoms with Crippen LogP contribution in [0.2, 0.25) is 0 Å². The van der Waals surface area contributed by atoms with Crippen LogP contribution in [0.3, 0.4) is 0 Å². The molecule has 0 radical (unpaired) electrons. The number of nitrogens with one attached hydrogen (secondary N) is 1. The lowest BCUT2D eigenvalue weighted by molar-refractivity contribution is -0.142. The summed E-state index contributed by atoms with van der Waals surface area (Å²) in [7, 11) is 0. The SMILES string of the molecule is O=C(Cc1ccccc1)N1CCCC(C(=O)N2CCC3(CCNC3)CC2)C1. The van der Waals surface area contributed by atoms with Crippen molar-refractivity contribution in [1.82, 2.24) is 15.1 Å². The molecule has 3 aliphatic heterocycles. The first-order valence-electron chi connectivity index (χ1n) is 10.5. The highest BCUT2D eigenvalue weighted by atomic mass is 16.2. The van der Waals surface area contributed by atoms with Crippen molar-refractivity contribution in [1.29, 1.82) is 0 Å². The molecule has 3 aliphatic rings. The van der Waals surface area contributed by atoms with Gasteiger partial charge in [-0.1, -0.05) is 30.3 Å². The minimum atomic E-state index is -0.0192. The third kappa shape index (κ3) is 4.18. The fourth-order valence-corrected chi connectivity index (χ4v) is 4.97. The highest BCUT2D eigenvalue weighted by Crippen LogP contribution is 2.37. The van der Waals surface area contributed by atoms with E-state index < -0.39 is 0 Å². The molecule has 1 spiro atoms. The van der Waals surface area contributed by atoms with E-state index in [2.05, 4.69) is 10.2 Å². The normalized spacial score (nSPS) is 25.0. The van der Waals surface area contributed by atoms with Crippen molar-refractivity contribution in [3.63, 3.8) is 0 Å². The highest BCUT2D eigenvalue weighted by molar-refractivity contribution is 5.82. The van der Waals surface area contributed by atoms with Crippen LogP contribution < -0.4 is 5.32 Å². The summed E-state index contributed by atoms with van der Waals surface area (Å²) in [5.74, 6) is 0.399. The largest absolute Gasteiger partial charge is 0.342 e. The molecule has 0 aliphatic carbocycles. The molecule has 1 aromatic rings. The number of benzene rings is 1. The van der Waals surface area contributed by atoms with E-state index in [4.69, 9.17) is 0 Å². The van der Waals surface area contributed by atoms with E-state index in [-0.39, 0.29) is 17.7 Å². The Kier molecular flexibility index (Phi) is 5.48. The average Bonchev–Trinajstić information content (AvgIpc) is 3.17. The van der Waals surface area contributed by atoms with Crippen molar-refractivity contribution < 1.29 is 9.59 Å². The van der Waals surface area contributed by atoms with Gasteiger partial charge in [0.1, 0.15) is 0 Å². The number of carbonyl (C=O) groups is 2. The van der Waals surface area contributed by atoms with Crippen LogP contribution in [0.5, 0.6) is 0 Å². The molecule has 3 saturated heterocycles. The minimum absolute atomic E-state index is 0.0192. The molecule has 3 fully saturated rings. The molecule has 4 rings (SSSR count). The maximum atomic E-state index is 13.1. The van der Waals surface area contributed by atoms with Gasteiger partial charge in [-0.25, -0.2) is 0 Å². The third-order valence-electron chi connectivity index (χ3n) is 6.79. The van der Waals surface area contributed by atoms with Crippen molar-refractivity contribution >= 4 is 11.8 Å². The van der Waals surface area contributed by atoms with Crippen LogP contribution in [-0.2, 0) is 16.0 Å². The monoisotopic (exact) mass is 369 g/mol. The number of nitrogens with zero attached hydrogens (tertiary/aromatic N) is 2. The van der Waals surface area contributed by atoms with Crippen LogP contribution >= 0.6 is 0 Å². The van der Waals surface area contributed by atoms with Crippen LogP contribution in [0.4, 0.5) is 0 Å². The zero-order valence-electron chi connectivity index (χ0n) is 16.2. The van der Waals surface area contributed by atoms with E-state index in [1.807, 2.05) is 35.2 Å². The lowest BCUT2D eigenvalue weighted by atomic mass is 9.77. The standard InChI is InChI=1S/C22H31N3O2/c26-20(15-18-5-2-1-3-6-18)25-12-4-7-19(16-25)21(27)24-13-9-22(10-14-24)8-11-23-17-22/h1-3,5-6,19,23H,4,7-17H2. The summed E-state index contributed by atoms with van der Waals surface area (Å²) >= 11 is 0. The number of hydrogen-bond donors (Lipinski definition) is 1. The summed E-state index contributed by atoms with van der Waals surface area (Å²) in [6, 6.07) is 9.88. The van der Waals surface area contributed by atoms with Crippen molar-refractivity contribution in [2.24, 2.45) is 11.3 Å². The second-order valence-electron chi connectivity index (χ2n) is 8.59. The van der Waals surface area contributed by atoms with Crippen molar-refractivity contribution in [2.75, 3.05) is 39.3 Å². The summed E-state index contributed by atoms with van der Waals surface area (Å²) in [6.07, 6.45) is 5.77. The van der Waals surface area contributed by atoms with Gasteiger partial charge in [0.25, 0.3) is 0 Å². The van der Waals surface area contributed by atoms with Crippen LogP contribution in [0.1, 0.15) is 37.7 Å². The number of piperidine rings is 2. The lowest BCUT2D eigenvalue weighted by Crippen LogP contribution is -2.50. The minimum Gasteiger partial charge on any atom is -0.342 e. The molecule has 3 heterocycles. The van der Waals surface area contributed by atoms with Gasteiger partial charge in [-0.2, -0.15) is 0 Å². The fourth-order valence-electron chi connectivity index (χ4n) is 4.97. The molecule has 1 unspecified atom stereocenters. The molecular formula is C22H31N3O2. The Labute approximate surface area is 162 Å². The summed E-state index contributed by atoms with van der Waals surface area (Å²) in [4.78, 5) is 29.7. The predicted molar refractivity (Wildman–Crippen MR) is 105 cm³/mol. The number of amides is 2. The molecule has 5 nitrogen and oxygen atoms in total. The zero-order chi connectivity index (χ0) is 18.7. The molecule has 0 aromatic heterocycles. The van der Waals surface area contributed by atoms with Gasteiger partial charge in [0.15, 0.2) is 0 Å². The molecule has 146 valence electrons. The number of rotatable bonds is 3. The van der Waals surface area contributed by atoms with Gasteiger partial charge in [0.2, 0.25) is 11.8 Å². The Balaban J connectivity index is 1.31. The van der Waals surface area contributed by atoms with Crippen LogP contribution in [0, 0.1) is 11.3 Å². The first-order chi connectivity index (χ1) is 13.2. The zero-order valence-corrected chi connectivity index (χ0v) is 16.2. The Hall–Kier alpha value is -1.88. The van der Waals surface area contributed by atoms with E-state index in [1.54, 1.807) is 0 Å². The van der Waals surface area contributed by atoms with E-state index in [9.17, 15) is 9.59 Å². The predicted octanol–water partition coefficient (Wildman–Crippen LogP) is 2.07. The molecule has 1 aromatic carbocycles. The topological polar surface area (TPSA) is 52.7 Å². The Bertz CT molecular complexity index is 659. The molecule has 27 heavy (non-hydrogen) atoms. The van der Waals surface area contributed by atoms with Gasteiger partial charge in [0, 0.05) is 32.7 Å². The molecule has 1 N–H and O–H groups in total. The number of hydrogen-bond acceptors (Lipinski definition) is 3. The van der Waals surface area contributed by atoms with Gasteiger partial charge >= 0.3 is 0 Å². The maximum Gasteiger partial charge on any atom is 0.227 e. The van der Waals surface area contributed by atoms with Gasteiger partial charge in [0.05, 0.1) is 12.3 Å². The van der Waals surface area contributed by atoms with E-state index >= 15 is 0 Å². The number of likely N-dealkylation sites (tertiary alicyclic amines) is 2. The summed E-state index contributed by atoms with van der Waals surface area (Å²) in [6.45, 7) is 5.37. The molecular weight excluding hydrogens is 338 g/mol. The summed E-state index contributed by atoms with van der Waals surface area (Å²) in [5.41, 5.74) is 1.48. The second kappa shape index (κ2) is 8.01. The van der Waals surface area contributed by atoms with E-state index in [0.717, 1.165) is 64.0 Å². The molecule has 5 heteroatoms. The Morgan fingerprint density at radius 3 is 2.52 bits per heavy atom. The quantitative estimate of drug-likeness (QED) is 0.887. The van der Waals surface area contributed by atoms with Gasteiger partial charge in [-0.3, -0.25) is 9.59 Å². The smallest absolute Gasteiger partial charge is 0.227 e. The molecule has 0 bridgehead atoms. The van der Waals surface area contributed by atoms with Gasteiger partial charge in [-0.15, -0.1) is 0 Å². The molecule has 1 atom stereocenters. The Morgan fingerprint density at radius 2 is 1.81 bits per heavy atom.